The Kier molecular flexibility index (Phi) is 2.75. The van der Waals surface area contributed by atoms with Crippen LogP contribution in [0, 0.1) is 0 Å². The number of hydrogen-bond donors (Lipinski definition) is 0. The van der Waals surface area contributed by atoms with Crippen molar-refractivity contribution in [1.29, 1.82) is 0 Å². The van der Waals surface area contributed by atoms with Gasteiger partial charge < -0.3 is 0 Å². The Morgan fingerprint density at radius 3 is 2.05 bits per heavy atom. The van der Waals surface area contributed by atoms with Crippen LogP contribution in [0.4, 0.5) is 0 Å². The molecule has 0 saturated carbocycles. The highest BCUT2D eigenvalue weighted by molar-refractivity contribution is 9.08. The average molecular weight is 321 g/mol. The largest absolute Gasteiger partial charge is 0.0876 e. The van der Waals surface area contributed by atoms with Gasteiger partial charge in [-0.25, -0.2) is 0 Å². The van der Waals surface area contributed by atoms with Gasteiger partial charge in [-0.05, 0) is 43.9 Å². The predicted molar refractivity (Wildman–Crippen MR) is 91.6 cm³/mol. The van der Waals surface area contributed by atoms with Crippen LogP contribution in [0.25, 0.3) is 32.3 Å². The summed E-state index contributed by atoms with van der Waals surface area (Å²) in [7, 11) is 0. The maximum atomic E-state index is 3.55. The first-order valence-corrected chi connectivity index (χ1v) is 7.88. The van der Waals surface area contributed by atoms with Crippen molar-refractivity contribution in [3.63, 3.8) is 0 Å². The number of alkyl halides is 1. The molecule has 96 valence electrons. The maximum Gasteiger partial charge on any atom is 0.0283 e. The van der Waals surface area contributed by atoms with Crippen LogP contribution in [-0.2, 0) is 5.33 Å². The van der Waals surface area contributed by atoms with Crippen LogP contribution >= 0.6 is 15.9 Å². The van der Waals surface area contributed by atoms with Crippen LogP contribution in [0.15, 0.2) is 66.7 Å². The standard InChI is InChI=1S/C19H13Br/c20-12-13-5-6-15-8-9-17-16-4-2-1-3-14(16)7-10-18(17)19(15)11-13/h1-11H,12H2. The highest BCUT2D eigenvalue weighted by Gasteiger charge is 2.04. The second-order valence-corrected chi connectivity index (χ2v) is 5.70. The van der Waals surface area contributed by atoms with Gasteiger partial charge in [0, 0.05) is 5.33 Å². The molecule has 0 fully saturated rings. The van der Waals surface area contributed by atoms with Gasteiger partial charge in [0.1, 0.15) is 0 Å². The molecular formula is C19H13Br. The zero-order valence-corrected chi connectivity index (χ0v) is 12.5. The quantitative estimate of drug-likeness (QED) is 0.296. The van der Waals surface area contributed by atoms with Gasteiger partial charge in [-0.15, -0.1) is 0 Å². The van der Waals surface area contributed by atoms with Gasteiger partial charge in [0.2, 0.25) is 0 Å². The Bertz CT molecular complexity index is 938. The van der Waals surface area contributed by atoms with E-state index in [2.05, 4.69) is 82.7 Å². The molecule has 0 aliphatic heterocycles. The molecule has 0 aliphatic rings. The van der Waals surface area contributed by atoms with Crippen LogP contribution in [0.5, 0.6) is 0 Å². The van der Waals surface area contributed by atoms with Gasteiger partial charge in [-0.2, -0.15) is 0 Å². The Balaban J connectivity index is 2.21. The molecule has 0 aliphatic carbocycles. The normalized spacial score (nSPS) is 11.4. The molecule has 0 atom stereocenters. The van der Waals surface area contributed by atoms with Crippen molar-refractivity contribution >= 4 is 48.2 Å². The minimum Gasteiger partial charge on any atom is -0.0876 e. The van der Waals surface area contributed by atoms with Gasteiger partial charge in [-0.1, -0.05) is 76.6 Å². The fraction of sp³-hybridized carbons (Fsp3) is 0.0526. The Hall–Kier alpha value is -1.86. The SMILES string of the molecule is BrCc1ccc2ccc3c4ccccc4ccc3c2c1. The van der Waals surface area contributed by atoms with E-state index in [1.165, 1.54) is 37.9 Å². The van der Waals surface area contributed by atoms with Crippen molar-refractivity contribution in [3.05, 3.63) is 72.3 Å². The van der Waals surface area contributed by atoms with E-state index >= 15 is 0 Å². The van der Waals surface area contributed by atoms with Crippen LogP contribution in [0.1, 0.15) is 5.56 Å². The molecule has 4 aromatic rings. The second-order valence-electron chi connectivity index (χ2n) is 5.14. The number of fused-ring (bicyclic) bond motifs is 5. The third-order valence-electron chi connectivity index (χ3n) is 3.96. The summed E-state index contributed by atoms with van der Waals surface area (Å²) in [5.41, 5.74) is 1.32. The average Bonchev–Trinajstić information content (AvgIpc) is 2.53. The molecule has 0 N–H and O–H groups in total. The summed E-state index contributed by atoms with van der Waals surface area (Å²) in [6.07, 6.45) is 0. The monoisotopic (exact) mass is 320 g/mol. The van der Waals surface area contributed by atoms with Crippen molar-refractivity contribution in [2.75, 3.05) is 0 Å². The van der Waals surface area contributed by atoms with E-state index in [-0.39, 0.29) is 0 Å². The molecule has 1 heteroatoms. The molecule has 0 radical (unpaired) electrons. The minimum atomic E-state index is 0.896. The van der Waals surface area contributed by atoms with E-state index in [1.807, 2.05) is 0 Å². The molecule has 0 amide bonds. The van der Waals surface area contributed by atoms with Crippen LogP contribution < -0.4 is 0 Å². The van der Waals surface area contributed by atoms with E-state index < -0.39 is 0 Å². The topological polar surface area (TPSA) is 0 Å². The van der Waals surface area contributed by atoms with Gasteiger partial charge in [0.05, 0.1) is 0 Å². The van der Waals surface area contributed by atoms with E-state index in [1.54, 1.807) is 0 Å². The summed E-state index contributed by atoms with van der Waals surface area (Å²) >= 11 is 3.55. The molecule has 0 spiro atoms. The summed E-state index contributed by atoms with van der Waals surface area (Å²) in [6.45, 7) is 0. The van der Waals surface area contributed by atoms with Crippen molar-refractivity contribution in [2.24, 2.45) is 0 Å². The second kappa shape index (κ2) is 4.60. The van der Waals surface area contributed by atoms with Crippen molar-refractivity contribution in [3.8, 4) is 0 Å². The minimum absolute atomic E-state index is 0.896. The highest BCUT2D eigenvalue weighted by Crippen LogP contribution is 2.31. The number of halogens is 1. The molecule has 0 bridgehead atoms. The lowest BCUT2D eigenvalue weighted by Crippen LogP contribution is -1.83. The lowest BCUT2D eigenvalue weighted by Gasteiger charge is -2.08. The summed E-state index contributed by atoms with van der Waals surface area (Å²) in [6, 6.07) is 24.2. The van der Waals surface area contributed by atoms with Crippen LogP contribution in [0.3, 0.4) is 0 Å². The molecule has 4 aromatic carbocycles. The molecule has 0 saturated heterocycles. The molecule has 0 heterocycles. The molecule has 20 heavy (non-hydrogen) atoms. The Morgan fingerprint density at radius 1 is 0.600 bits per heavy atom. The summed E-state index contributed by atoms with van der Waals surface area (Å²) in [5, 5.41) is 8.84. The van der Waals surface area contributed by atoms with E-state index in [9.17, 15) is 0 Å². The van der Waals surface area contributed by atoms with E-state index in [4.69, 9.17) is 0 Å². The number of rotatable bonds is 1. The first-order valence-electron chi connectivity index (χ1n) is 6.76. The number of benzene rings is 4. The lowest BCUT2D eigenvalue weighted by atomic mass is 9.96. The van der Waals surface area contributed by atoms with Crippen LogP contribution in [-0.4, -0.2) is 0 Å². The van der Waals surface area contributed by atoms with Crippen molar-refractivity contribution < 1.29 is 0 Å². The fourth-order valence-electron chi connectivity index (χ4n) is 2.95. The molecule has 4 rings (SSSR count). The zero-order chi connectivity index (χ0) is 13.5. The van der Waals surface area contributed by atoms with Gasteiger partial charge in [-0.3, -0.25) is 0 Å². The summed E-state index contributed by atoms with van der Waals surface area (Å²) < 4.78 is 0. The third kappa shape index (κ3) is 1.74. The molecular weight excluding hydrogens is 308 g/mol. The smallest absolute Gasteiger partial charge is 0.0283 e. The summed E-state index contributed by atoms with van der Waals surface area (Å²) in [5.74, 6) is 0. The van der Waals surface area contributed by atoms with Gasteiger partial charge >= 0.3 is 0 Å². The van der Waals surface area contributed by atoms with E-state index in [0.29, 0.717) is 0 Å². The van der Waals surface area contributed by atoms with E-state index in [0.717, 1.165) is 5.33 Å². The lowest BCUT2D eigenvalue weighted by molar-refractivity contribution is 1.47. The first kappa shape index (κ1) is 11.9. The highest BCUT2D eigenvalue weighted by atomic mass is 79.9. The van der Waals surface area contributed by atoms with Crippen molar-refractivity contribution in [2.45, 2.75) is 5.33 Å². The Labute approximate surface area is 126 Å². The maximum absolute atomic E-state index is 3.55. The predicted octanol–water partition coefficient (Wildman–Crippen LogP) is 6.04. The molecule has 0 unspecified atom stereocenters. The Morgan fingerprint density at radius 2 is 1.25 bits per heavy atom. The van der Waals surface area contributed by atoms with Crippen LogP contribution in [0.2, 0.25) is 0 Å². The molecule has 0 aromatic heterocycles. The van der Waals surface area contributed by atoms with Gasteiger partial charge in [0.25, 0.3) is 0 Å². The van der Waals surface area contributed by atoms with Crippen molar-refractivity contribution in [1.82, 2.24) is 0 Å². The molecule has 0 nitrogen and oxygen atoms in total. The third-order valence-corrected chi connectivity index (χ3v) is 4.61. The zero-order valence-electron chi connectivity index (χ0n) is 10.9. The fourth-order valence-corrected chi connectivity index (χ4v) is 3.30. The first-order chi connectivity index (χ1) is 9.86. The summed E-state index contributed by atoms with van der Waals surface area (Å²) in [4.78, 5) is 0. The number of hydrogen-bond acceptors (Lipinski definition) is 0. The van der Waals surface area contributed by atoms with Gasteiger partial charge in [0.15, 0.2) is 0 Å².